The summed E-state index contributed by atoms with van der Waals surface area (Å²) in [5.74, 6) is 2.07. The predicted octanol–water partition coefficient (Wildman–Crippen LogP) is 1.67. The first kappa shape index (κ1) is 11.9. The van der Waals surface area contributed by atoms with Crippen molar-refractivity contribution >= 4 is 5.91 Å². The van der Waals surface area contributed by atoms with E-state index in [4.69, 9.17) is 5.73 Å². The van der Waals surface area contributed by atoms with E-state index in [-0.39, 0.29) is 11.9 Å². The van der Waals surface area contributed by atoms with Crippen molar-refractivity contribution in [3.63, 3.8) is 0 Å². The molecule has 2 fully saturated rings. The van der Waals surface area contributed by atoms with Gasteiger partial charge in [-0.2, -0.15) is 0 Å². The molecule has 4 unspecified atom stereocenters. The lowest BCUT2D eigenvalue weighted by molar-refractivity contribution is -0.126. The second-order valence-corrected chi connectivity index (χ2v) is 5.58. The molecule has 2 bridgehead atoms. The molecule has 92 valence electrons. The molecule has 3 N–H and O–H groups in total. The van der Waals surface area contributed by atoms with Crippen molar-refractivity contribution in [3.8, 4) is 0 Å². The molecule has 0 aromatic heterocycles. The topological polar surface area (TPSA) is 55.1 Å². The van der Waals surface area contributed by atoms with Crippen LogP contribution in [0.3, 0.4) is 0 Å². The van der Waals surface area contributed by atoms with Crippen LogP contribution in [-0.2, 0) is 4.79 Å². The summed E-state index contributed by atoms with van der Waals surface area (Å²) in [5.41, 5.74) is 5.89. The molecule has 16 heavy (non-hydrogen) atoms. The molecule has 0 aromatic carbocycles. The van der Waals surface area contributed by atoms with Crippen molar-refractivity contribution in [1.82, 2.24) is 5.32 Å². The molecule has 0 heterocycles. The van der Waals surface area contributed by atoms with Crippen LogP contribution in [0, 0.1) is 17.8 Å². The summed E-state index contributed by atoms with van der Waals surface area (Å²) < 4.78 is 0. The Kier molecular flexibility index (Phi) is 3.85. The van der Waals surface area contributed by atoms with Crippen molar-refractivity contribution in [2.24, 2.45) is 23.5 Å². The number of amides is 1. The van der Waals surface area contributed by atoms with E-state index < -0.39 is 0 Å². The fourth-order valence-electron chi connectivity index (χ4n) is 3.40. The number of carbonyl (C=O) groups excluding carboxylic acids is 1. The lowest BCUT2D eigenvalue weighted by atomic mass is 9.88. The van der Waals surface area contributed by atoms with Gasteiger partial charge < -0.3 is 11.1 Å². The molecular weight excluding hydrogens is 200 g/mol. The van der Waals surface area contributed by atoms with Gasteiger partial charge in [-0.1, -0.05) is 19.8 Å². The van der Waals surface area contributed by atoms with Crippen molar-refractivity contribution in [2.45, 2.75) is 51.5 Å². The summed E-state index contributed by atoms with van der Waals surface area (Å²) in [5, 5.41) is 3.03. The van der Waals surface area contributed by atoms with Crippen LogP contribution in [0.2, 0.25) is 0 Å². The Hall–Kier alpha value is -0.570. The fraction of sp³-hybridized carbons (Fsp3) is 0.923. The fourth-order valence-corrected chi connectivity index (χ4v) is 3.40. The minimum atomic E-state index is 0.132. The molecule has 0 radical (unpaired) electrons. The van der Waals surface area contributed by atoms with Crippen molar-refractivity contribution in [2.75, 3.05) is 6.54 Å². The molecule has 3 heteroatoms. The minimum absolute atomic E-state index is 0.132. The van der Waals surface area contributed by atoms with Crippen molar-refractivity contribution in [1.29, 1.82) is 0 Å². The molecule has 0 spiro atoms. The summed E-state index contributed by atoms with van der Waals surface area (Å²) in [4.78, 5) is 12.0. The highest BCUT2D eigenvalue weighted by atomic mass is 16.1. The number of fused-ring (bicyclic) bond motifs is 2. The summed E-state index contributed by atoms with van der Waals surface area (Å²) in [6, 6.07) is 0.132. The second kappa shape index (κ2) is 5.17. The van der Waals surface area contributed by atoms with Gasteiger partial charge in [0, 0.05) is 18.5 Å². The number of carbonyl (C=O) groups is 1. The Bertz CT molecular complexity index is 254. The first-order chi connectivity index (χ1) is 7.70. The Labute approximate surface area is 98.2 Å². The quantitative estimate of drug-likeness (QED) is 0.746. The van der Waals surface area contributed by atoms with Crippen LogP contribution in [0.4, 0.5) is 0 Å². The molecule has 0 aliphatic heterocycles. The van der Waals surface area contributed by atoms with Gasteiger partial charge in [-0.15, -0.1) is 0 Å². The number of nitrogens with two attached hydrogens (primary N) is 1. The van der Waals surface area contributed by atoms with E-state index in [0.717, 1.165) is 25.2 Å². The molecule has 3 nitrogen and oxygen atoms in total. The zero-order valence-electron chi connectivity index (χ0n) is 10.2. The Morgan fingerprint density at radius 3 is 2.81 bits per heavy atom. The lowest BCUT2D eigenvalue weighted by Crippen LogP contribution is -2.41. The van der Waals surface area contributed by atoms with Gasteiger partial charge in [-0.25, -0.2) is 0 Å². The highest BCUT2D eigenvalue weighted by Crippen LogP contribution is 2.48. The molecule has 0 saturated heterocycles. The van der Waals surface area contributed by atoms with E-state index in [1.54, 1.807) is 0 Å². The average molecular weight is 224 g/mol. The summed E-state index contributed by atoms with van der Waals surface area (Å²) in [6.07, 6.45) is 7.12. The summed E-state index contributed by atoms with van der Waals surface area (Å²) >= 11 is 0. The van der Waals surface area contributed by atoms with Crippen LogP contribution < -0.4 is 11.1 Å². The number of hydrogen-bond donors (Lipinski definition) is 2. The smallest absolute Gasteiger partial charge is 0.223 e. The van der Waals surface area contributed by atoms with Crippen molar-refractivity contribution in [3.05, 3.63) is 0 Å². The van der Waals surface area contributed by atoms with Gasteiger partial charge >= 0.3 is 0 Å². The van der Waals surface area contributed by atoms with E-state index >= 15 is 0 Å². The third kappa shape index (κ3) is 2.57. The zero-order chi connectivity index (χ0) is 11.5. The number of hydrogen-bond acceptors (Lipinski definition) is 2. The van der Waals surface area contributed by atoms with Crippen LogP contribution in [-0.4, -0.2) is 18.5 Å². The molecule has 2 aliphatic carbocycles. The van der Waals surface area contributed by atoms with Crippen LogP contribution >= 0.6 is 0 Å². The number of nitrogens with one attached hydrogen (secondary N) is 1. The van der Waals surface area contributed by atoms with Gasteiger partial charge in [0.05, 0.1) is 0 Å². The second-order valence-electron chi connectivity index (χ2n) is 5.58. The standard InChI is InChI=1S/C13H24N2O/c1-2-3-11(14)8-15-13(16)12-7-9-4-5-10(12)6-9/h9-12H,2-8,14H2,1H3,(H,15,16). The molecule has 2 saturated carbocycles. The average Bonchev–Trinajstić information content (AvgIpc) is 2.88. The zero-order valence-corrected chi connectivity index (χ0v) is 10.2. The Balaban J connectivity index is 1.72. The third-order valence-electron chi connectivity index (χ3n) is 4.27. The Morgan fingerprint density at radius 2 is 2.25 bits per heavy atom. The lowest BCUT2D eigenvalue weighted by Gasteiger charge is -2.21. The van der Waals surface area contributed by atoms with E-state index in [1.807, 2.05) is 0 Å². The Morgan fingerprint density at radius 1 is 1.44 bits per heavy atom. The first-order valence-corrected chi connectivity index (χ1v) is 6.74. The largest absolute Gasteiger partial charge is 0.354 e. The first-order valence-electron chi connectivity index (χ1n) is 6.74. The molecular formula is C13H24N2O. The SMILES string of the molecule is CCCC(N)CNC(=O)C1CC2CCC1C2. The van der Waals surface area contributed by atoms with Gasteiger partial charge in [0.1, 0.15) is 0 Å². The van der Waals surface area contributed by atoms with Crippen LogP contribution in [0.5, 0.6) is 0 Å². The van der Waals surface area contributed by atoms with Crippen molar-refractivity contribution < 1.29 is 4.79 Å². The highest BCUT2D eigenvalue weighted by Gasteiger charge is 2.42. The summed E-state index contributed by atoms with van der Waals surface area (Å²) in [7, 11) is 0. The van der Waals surface area contributed by atoms with Gasteiger partial charge in [0.15, 0.2) is 0 Å². The van der Waals surface area contributed by atoms with Crippen LogP contribution in [0.1, 0.15) is 45.4 Å². The van der Waals surface area contributed by atoms with Gasteiger partial charge in [-0.05, 0) is 37.5 Å². The monoisotopic (exact) mass is 224 g/mol. The maximum absolute atomic E-state index is 12.0. The molecule has 2 rings (SSSR count). The number of rotatable bonds is 5. The maximum Gasteiger partial charge on any atom is 0.223 e. The minimum Gasteiger partial charge on any atom is -0.354 e. The highest BCUT2D eigenvalue weighted by molar-refractivity contribution is 5.79. The van der Waals surface area contributed by atoms with Crippen LogP contribution in [0.25, 0.3) is 0 Å². The van der Waals surface area contributed by atoms with E-state index in [0.29, 0.717) is 18.4 Å². The molecule has 2 aliphatic rings. The molecule has 1 amide bonds. The van der Waals surface area contributed by atoms with E-state index in [1.165, 1.54) is 19.3 Å². The van der Waals surface area contributed by atoms with E-state index in [9.17, 15) is 4.79 Å². The molecule has 0 aromatic rings. The molecule has 4 atom stereocenters. The van der Waals surface area contributed by atoms with Gasteiger partial charge in [0.25, 0.3) is 0 Å². The maximum atomic E-state index is 12.0. The summed E-state index contributed by atoms with van der Waals surface area (Å²) in [6.45, 7) is 2.78. The van der Waals surface area contributed by atoms with E-state index in [2.05, 4.69) is 12.2 Å². The van der Waals surface area contributed by atoms with Gasteiger partial charge in [-0.3, -0.25) is 4.79 Å². The predicted molar refractivity (Wildman–Crippen MR) is 64.8 cm³/mol. The van der Waals surface area contributed by atoms with Gasteiger partial charge in [0.2, 0.25) is 5.91 Å². The normalized spacial score (nSPS) is 34.0. The third-order valence-corrected chi connectivity index (χ3v) is 4.27. The van der Waals surface area contributed by atoms with Crippen LogP contribution in [0.15, 0.2) is 0 Å².